The van der Waals surface area contributed by atoms with Crippen LogP contribution in [0.25, 0.3) is 33.9 Å². The van der Waals surface area contributed by atoms with Gasteiger partial charge in [0.05, 0.1) is 21.4 Å². The Morgan fingerprint density at radius 2 is 1.52 bits per heavy atom. The number of benzene rings is 2. The third-order valence-corrected chi connectivity index (χ3v) is 5.07. The summed E-state index contributed by atoms with van der Waals surface area (Å²) in [6.07, 6.45) is 3.51. The van der Waals surface area contributed by atoms with Crippen LogP contribution >= 0.6 is 23.2 Å². The molecular formula is C21H16Cl2N4. The van der Waals surface area contributed by atoms with Crippen molar-refractivity contribution < 1.29 is 0 Å². The maximum atomic E-state index is 6.23. The highest BCUT2D eigenvalue weighted by Crippen LogP contribution is 2.35. The van der Waals surface area contributed by atoms with E-state index in [0.717, 1.165) is 39.5 Å². The number of aromatic nitrogens is 3. The molecule has 27 heavy (non-hydrogen) atoms. The summed E-state index contributed by atoms with van der Waals surface area (Å²) in [5, 5.41) is 1.01. The summed E-state index contributed by atoms with van der Waals surface area (Å²) in [6.45, 7) is 0.509. The van der Waals surface area contributed by atoms with Gasteiger partial charge in [-0.1, -0.05) is 53.5 Å². The molecule has 0 saturated heterocycles. The maximum Gasteiger partial charge on any atom is 0.138 e. The van der Waals surface area contributed by atoms with E-state index in [0.29, 0.717) is 16.6 Å². The molecule has 0 unspecified atom stereocenters. The largest absolute Gasteiger partial charge is 0.337 e. The van der Waals surface area contributed by atoms with Crippen molar-refractivity contribution >= 4 is 23.2 Å². The quantitative estimate of drug-likeness (QED) is 0.475. The molecule has 6 heteroatoms. The van der Waals surface area contributed by atoms with Gasteiger partial charge in [0, 0.05) is 35.6 Å². The Hall–Kier alpha value is -2.66. The molecule has 0 spiro atoms. The predicted molar refractivity (Wildman–Crippen MR) is 111 cm³/mol. The number of nitrogens with zero attached hydrogens (tertiary/aromatic N) is 2. The first kappa shape index (κ1) is 17.7. The molecule has 0 radical (unpaired) electrons. The normalized spacial score (nSPS) is 10.9. The predicted octanol–water partition coefficient (Wildman–Crippen LogP) is 5.57. The van der Waals surface area contributed by atoms with Crippen molar-refractivity contribution in [3.05, 3.63) is 82.6 Å². The highest BCUT2D eigenvalue weighted by Gasteiger charge is 2.16. The van der Waals surface area contributed by atoms with E-state index in [1.807, 2.05) is 48.5 Å². The molecule has 0 aliphatic rings. The first-order valence-electron chi connectivity index (χ1n) is 8.41. The van der Waals surface area contributed by atoms with Gasteiger partial charge in [0.15, 0.2) is 0 Å². The standard InChI is InChI=1S/C21H16Cl2N4/c22-17-6-5-16(11-18(17)23)20-19(14-7-9-25-10-8-14)26-21(27-20)15-3-1-13(12-24)2-4-15/h1-11H,12,24H2,(H,26,27). The number of hydrogen-bond donors (Lipinski definition) is 2. The topological polar surface area (TPSA) is 67.6 Å². The van der Waals surface area contributed by atoms with Gasteiger partial charge in [-0.2, -0.15) is 0 Å². The lowest BCUT2D eigenvalue weighted by Crippen LogP contribution is -1.95. The number of pyridine rings is 1. The van der Waals surface area contributed by atoms with Gasteiger partial charge < -0.3 is 10.7 Å². The van der Waals surface area contributed by atoms with Crippen LogP contribution in [0.2, 0.25) is 10.0 Å². The summed E-state index contributed by atoms with van der Waals surface area (Å²) in [5.74, 6) is 0.770. The number of hydrogen-bond acceptors (Lipinski definition) is 3. The molecule has 4 nitrogen and oxygen atoms in total. The number of H-pyrrole nitrogens is 1. The Morgan fingerprint density at radius 1 is 0.815 bits per heavy atom. The van der Waals surface area contributed by atoms with E-state index in [1.165, 1.54) is 0 Å². The molecule has 0 amide bonds. The SMILES string of the molecule is NCc1ccc(-c2nc(-c3ccc(Cl)c(Cl)c3)c(-c3ccncc3)[nH]2)cc1. The Kier molecular flexibility index (Phi) is 4.94. The smallest absolute Gasteiger partial charge is 0.138 e. The molecule has 2 heterocycles. The van der Waals surface area contributed by atoms with Gasteiger partial charge >= 0.3 is 0 Å². The molecule has 0 aliphatic heterocycles. The second kappa shape index (κ2) is 7.53. The summed E-state index contributed by atoms with van der Waals surface area (Å²) in [7, 11) is 0. The van der Waals surface area contributed by atoms with Gasteiger partial charge in [0.2, 0.25) is 0 Å². The van der Waals surface area contributed by atoms with Crippen molar-refractivity contribution in [1.82, 2.24) is 15.0 Å². The first-order chi connectivity index (χ1) is 13.2. The van der Waals surface area contributed by atoms with Crippen LogP contribution in [0.15, 0.2) is 67.0 Å². The summed E-state index contributed by atoms with van der Waals surface area (Å²) in [6, 6.07) is 17.4. The fourth-order valence-electron chi connectivity index (χ4n) is 2.89. The van der Waals surface area contributed by atoms with E-state index >= 15 is 0 Å². The van der Waals surface area contributed by atoms with Crippen LogP contribution in [0.3, 0.4) is 0 Å². The van der Waals surface area contributed by atoms with E-state index in [9.17, 15) is 0 Å². The minimum Gasteiger partial charge on any atom is -0.337 e. The summed E-state index contributed by atoms with van der Waals surface area (Å²) >= 11 is 12.3. The van der Waals surface area contributed by atoms with Gasteiger partial charge in [-0.25, -0.2) is 4.98 Å². The molecule has 0 atom stereocenters. The van der Waals surface area contributed by atoms with Crippen LogP contribution in [0.5, 0.6) is 0 Å². The number of imidazole rings is 1. The van der Waals surface area contributed by atoms with Crippen LogP contribution in [0.1, 0.15) is 5.56 Å². The van der Waals surface area contributed by atoms with Crippen LogP contribution < -0.4 is 5.73 Å². The second-order valence-electron chi connectivity index (χ2n) is 6.07. The molecule has 3 N–H and O–H groups in total. The first-order valence-corrected chi connectivity index (χ1v) is 9.16. The highest BCUT2D eigenvalue weighted by atomic mass is 35.5. The summed E-state index contributed by atoms with van der Waals surface area (Å²) in [5.41, 5.74) is 11.3. The maximum absolute atomic E-state index is 6.23. The van der Waals surface area contributed by atoms with Crippen molar-refractivity contribution in [2.45, 2.75) is 6.54 Å². The second-order valence-corrected chi connectivity index (χ2v) is 6.89. The van der Waals surface area contributed by atoms with E-state index in [2.05, 4.69) is 9.97 Å². The van der Waals surface area contributed by atoms with Crippen molar-refractivity contribution in [3.63, 3.8) is 0 Å². The average Bonchev–Trinajstić information content (AvgIpc) is 3.16. The molecular weight excluding hydrogens is 379 g/mol. The molecule has 4 aromatic rings. The third kappa shape index (κ3) is 3.60. The fraction of sp³-hybridized carbons (Fsp3) is 0.0476. The van der Waals surface area contributed by atoms with Crippen LogP contribution in [0.4, 0.5) is 0 Å². The number of nitrogens with one attached hydrogen (secondary N) is 1. The lowest BCUT2D eigenvalue weighted by atomic mass is 10.1. The number of rotatable bonds is 4. The molecule has 0 fully saturated rings. The number of nitrogens with two attached hydrogens (primary N) is 1. The van der Waals surface area contributed by atoms with Crippen molar-refractivity contribution in [3.8, 4) is 33.9 Å². The third-order valence-electron chi connectivity index (χ3n) is 4.33. The molecule has 134 valence electrons. The van der Waals surface area contributed by atoms with Gasteiger partial charge in [-0.15, -0.1) is 0 Å². The minimum absolute atomic E-state index is 0.492. The van der Waals surface area contributed by atoms with Crippen molar-refractivity contribution in [2.24, 2.45) is 5.73 Å². The Balaban J connectivity index is 1.87. The van der Waals surface area contributed by atoms with E-state index < -0.39 is 0 Å². The molecule has 0 aliphatic carbocycles. The average molecular weight is 395 g/mol. The Morgan fingerprint density at radius 3 is 2.19 bits per heavy atom. The summed E-state index contributed by atoms with van der Waals surface area (Å²) in [4.78, 5) is 12.4. The Bertz CT molecular complexity index is 1070. The van der Waals surface area contributed by atoms with Gasteiger partial charge in [-0.3, -0.25) is 4.98 Å². The van der Waals surface area contributed by atoms with Gasteiger partial charge in [-0.05, 0) is 29.8 Å². The van der Waals surface area contributed by atoms with E-state index in [1.54, 1.807) is 18.5 Å². The van der Waals surface area contributed by atoms with E-state index in [-0.39, 0.29) is 0 Å². The minimum atomic E-state index is 0.492. The fourth-order valence-corrected chi connectivity index (χ4v) is 3.19. The zero-order valence-electron chi connectivity index (χ0n) is 14.3. The zero-order valence-corrected chi connectivity index (χ0v) is 15.8. The van der Waals surface area contributed by atoms with Crippen LogP contribution in [-0.2, 0) is 6.54 Å². The number of halogens is 2. The molecule has 0 bridgehead atoms. The van der Waals surface area contributed by atoms with Gasteiger partial charge in [0.1, 0.15) is 5.82 Å². The molecule has 2 aromatic heterocycles. The lowest BCUT2D eigenvalue weighted by molar-refractivity contribution is 1.07. The molecule has 4 rings (SSSR count). The monoisotopic (exact) mass is 394 g/mol. The van der Waals surface area contributed by atoms with Crippen molar-refractivity contribution in [2.75, 3.05) is 0 Å². The number of aromatic amines is 1. The van der Waals surface area contributed by atoms with E-state index in [4.69, 9.17) is 33.9 Å². The lowest BCUT2D eigenvalue weighted by Gasteiger charge is -2.04. The molecule has 0 saturated carbocycles. The van der Waals surface area contributed by atoms with Crippen molar-refractivity contribution in [1.29, 1.82) is 0 Å². The Labute approximate surface area is 167 Å². The highest BCUT2D eigenvalue weighted by molar-refractivity contribution is 6.42. The van der Waals surface area contributed by atoms with Crippen LogP contribution in [0, 0.1) is 0 Å². The zero-order chi connectivity index (χ0) is 18.8. The van der Waals surface area contributed by atoms with Crippen LogP contribution in [-0.4, -0.2) is 15.0 Å². The molecule has 2 aromatic carbocycles. The van der Waals surface area contributed by atoms with Gasteiger partial charge in [0.25, 0.3) is 0 Å². The summed E-state index contributed by atoms with van der Waals surface area (Å²) < 4.78 is 0.